The molecule has 2 saturated heterocycles. The average Bonchev–Trinajstić information content (AvgIpc) is 3.03. The number of nitrogens with zero attached hydrogens (tertiary/aromatic N) is 1. The van der Waals surface area contributed by atoms with Crippen LogP contribution < -0.4 is 14.2 Å². The van der Waals surface area contributed by atoms with Gasteiger partial charge in [-0.05, 0) is 43.0 Å². The van der Waals surface area contributed by atoms with Crippen molar-refractivity contribution in [2.75, 3.05) is 28.4 Å². The highest BCUT2D eigenvalue weighted by atomic mass is 16.6. The molecule has 0 aromatic heterocycles. The van der Waals surface area contributed by atoms with E-state index >= 15 is 0 Å². The summed E-state index contributed by atoms with van der Waals surface area (Å²) in [4.78, 5) is 27.4. The van der Waals surface area contributed by atoms with E-state index in [4.69, 9.17) is 23.7 Å². The highest BCUT2D eigenvalue weighted by molar-refractivity contribution is 5.89. The first-order chi connectivity index (χ1) is 16.9. The van der Waals surface area contributed by atoms with Gasteiger partial charge in [0, 0.05) is 31.4 Å². The van der Waals surface area contributed by atoms with Crippen molar-refractivity contribution in [3.63, 3.8) is 0 Å². The first-order valence-electron chi connectivity index (χ1n) is 11.6. The Hall–Kier alpha value is -3.52. The summed E-state index contributed by atoms with van der Waals surface area (Å²) in [7, 11) is 6.65. The second-order valence-electron chi connectivity index (χ2n) is 8.75. The molecule has 4 atom stereocenters. The zero-order chi connectivity index (χ0) is 24.9. The molecule has 2 aliphatic heterocycles. The Morgan fingerprint density at radius 2 is 1.60 bits per heavy atom. The zero-order valence-corrected chi connectivity index (χ0v) is 20.4. The quantitative estimate of drug-likeness (QED) is 0.417. The summed E-state index contributed by atoms with van der Waals surface area (Å²) in [6.45, 7) is 0. The number of ether oxygens (including phenoxy) is 5. The van der Waals surface area contributed by atoms with E-state index in [1.807, 2.05) is 25.2 Å². The van der Waals surface area contributed by atoms with Crippen LogP contribution in [0.15, 0.2) is 48.5 Å². The Labute approximate surface area is 205 Å². The summed E-state index contributed by atoms with van der Waals surface area (Å²) in [5.41, 5.74) is 1.25. The molecule has 0 N–H and O–H groups in total. The molecular weight excluding hydrogens is 450 g/mol. The molecule has 2 aromatic rings. The molecule has 0 amide bonds. The lowest BCUT2D eigenvalue weighted by Gasteiger charge is -2.36. The maximum Gasteiger partial charge on any atom is 0.338 e. The summed E-state index contributed by atoms with van der Waals surface area (Å²) < 4.78 is 27.6. The summed E-state index contributed by atoms with van der Waals surface area (Å²) in [6, 6.07) is 12.7. The number of benzene rings is 2. The lowest BCUT2D eigenvalue weighted by Crippen LogP contribution is -2.46. The average molecular weight is 482 g/mol. The molecule has 4 rings (SSSR count). The van der Waals surface area contributed by atoms with Gasteiger partial charge in [-0.1, -0.05) is 18.2 Å². The van der Waals surface area contributed by atoms with Gasteiger partial charge < -0.3 is 23.7 Å². The minimum Gasteiger partial charge on any atom is -0.493 e. The van der Waals surface area contributed by atoms with E-state index in [1.165, 1.54) is 27.4 Å². The Morgan fingerprint density at radius 3 is 2.23 bits per heavy atom. The summed E-state index contributed by atoms with van der Waals surface area (Å²) >= 11 is 0. The van der Waals surface area contributed by atoms with Crippen LogP contribution in [-0.2, 0) is 14.3 Å². The van der Waals surface area contributed by atoms with Gasteiger partial charge in [0.2, 0.25) is 5.75 Å². The first-order valence-corrected chi connectivity index (χ1v) is 11.6. The van der Waals surface area contributed by atoms with E-state index in [9.17, 15) is 9.59 Å². The van der Waals surface area contributed by atoms with Crippen molar-refractivity contribution in [3.8, 4) is 17.2 Å². The third kappa shape index (κ3) is 5.43. The summed E-state index contributed by atoms with van der Waals surface area (Å²) in [5.74, 6) is 0.744. The third-order valence-electron chi connectivity index (χ3n) is 6.72. The first kappa shape index (κ1) is 24.6. The van der Waals surface area contributed by atoms with Crippen LogP contribution in [-0.4, -0.2) is 69.5 Å². The third-order valence-corrected chi connectivity index (χ3v) is 6.72. The van der Waals surface area contributed by atoms with Crippen molar-refractivity contribution < 1.29 is 33.3 Å². The van der Waals surface area contributed by atoms with Crippen LogP contribution in [0.25, 0.3) is 6.08 Å². The van der Waals surface area contributed by atoms with Crippen molar-refractivity contribution in [1.29, 1.82) is 0 Å². The number of likely N-dealkylation sites (N-methyl/N-ethyl adjacent to an activating group) is 1. The molecule has 2 heterocycles. The van der Waals surface area contributed by atoms with E-state index in [2.05, 4.69) is 4.90 Å². The number of esters is 2. The standard InChI is InChI=1S/C27H31NO7/c1-28-19-14-20(16-21(28)22(15-19)35-27(30)18-8-6-5-7-9-18)34-25(29)11-10-17-12-23(31-2)26(33-4)24(13-17)32-3/h5-13,19-22H,14-16H2,1-4H3/b11-10-/t19-,20?,21+,22-/m0/s1. The molecule has 186 valence electrons. The van der Waals surface area contributed by atoms with Crippen molar-refractivity contribution in [2.45, 2.75) is 43.6 Å². The Kier molecular flexibility index (Phi) is 7.60. The summed E-state index contributed by atoms with van der Waals surface area (Å²) in [5, 5.41) is 0. The fourth-order valence-electron chi connectivity index (χ4n) is 4.94. The zero-order valence-electron chi connectivity index (χ0n) is 20.4. The molecule has 0 saturated carbocycles. The molecule has 1 unspecified atom stereocenters. The minimum absolute atomic E-state index is 0.0123. The number of rotatable bonds is 8. The topological polar surface area (TPSA) is 83.5 Å². The Morgan fingerprint density at radius 1 is 0.914 bits per heavy atom. The Bertz CT molecular complexity index is 1060. The predicted octanol–water partition coefficient (Wildman–Crippen LogP) is 3.73. The molecule has 2 aromatic carbocycles. The normalized spacial score (nSPS) is 23.7. The molecule has 8 heteroatoms. The van der Waals surface area contributed by atoms with E-state index < -0.39 is 5.97 Å². The van der Waals surface area contributed by atoms with Gasteiger partial charge >= 0.3 is 11.9 Å². The Balaban J connectivity index is 1.37. The SMILES string of the molecule is COc1cc(/C=C\C(=O)OC2C[C@H]3C[C@H](OC(=O)c4ccccc4)[C@@H](C2)N3C)cc(OC)c1OC. The van der Waals surface area contributed by atoms with E-state index in [1.54, 1.807) is 30.3 Å². The molecule has 35 heavy (non-hydrogen) atoms. The number of methoxy groups -OCH3 is 3. The van der Waals surface area contributed by atoms with Crippen molar-refractivity contribution >= 4 is 18.0 Å². The summed E-state index contributed by atoms with van der Waals surface area (Å²) in [6.07, 6.45) is 4.64. The number of carbonyl (C=O) groups is 2. The van der Waals surface area contributed by atoms with Crippen LogP contribution >= 0.6 is 0 Å². The van der Waals surface area contributed by atoms with Gasteiger partial charge in [-0.15, -0.1) is 0 Å². The van der Waals surface area contributed by atoms with Gasteiger partial charge in [-0.25, -0.2) is 9.59 Å². The number of fused-ring (bicyclic) bond motifs is 2. The molecule has 0 spiro atoms. The van der Waals surface area contributed by atoms with Crippen LogP contribution in [0.2, 0.25) is 0 Å². The predicted molar refractivity (Wildman–Crippen MR) is 130 cm³/mol. The van der Waals surface area contributed by atoms with Crippen LogP contribution in [0.3, 0.4) is 0 Å². The molecule has 0 aliphatic carbocycles. The number of piperidine rings is 1. The molecule has 0 radical (unpaired) electrons. The monoisotopic (exact) mass is 481 g/mol. The molecule has 2 fully saturated rings. The van der Waals surface area contributed by atoms with Crippen molar-refractivity contribution in [2.24, 2.45) is 0 Å². The lowest BCUT2D eigenvalue weighted by molar-refractivity contribution is -0.146. The molecule has 8 nitrogen and oxygen atoms in total. The molecule has 2 bridgehead atoms. The number of carbonyl (C=O) groups excluding carboxylic acids is 2. The highest BCUT2D eigenvalue weighted by Crippen LogP contribution is 2.39. The van der Waals surface area contributed by atoms with Gasteiger partial charge in [-0.2, -0.15) is 0 Å². The number of hydrogen-bond acceptors (Lipinski definition) is 8. The maximum absolute atomic E-state index is 12.6. The van der Waals surface area contributed by atoms with Crippen LogP contribution in [0.4, 0.5) is 0 Å². The minimum atomic E-state index is -0.425. The highest BCUT2D eigenvalue weighted by Gasteiger charge is 2.47. The van der Waals surface area contributed by atoms with Crippen LogP contribution in [0, 0.1) is 0 Å². The largest absolute Gasteiger partial charge is 0.493 e. The molecular formula is C27H31NO7. The van der Waals surface area contributed by atoms with E-state index in [0.717, 1.165) is 6.42 Å². The lowest BCUT2D eigenvalue weighted by atomic mass is 10.0. The molecule has 2 aliphatic rings. The van der Waals surface area contributed by atoms with Crippen molar-refractivity contribution in [1.82, 2.24) is 4.90 Å². The van der Waals surface area contributed by atoms with Crippen LogP contribution in [0.1, 0.15) is 35.2 Å². The fraction of sp³-hybridized carbons (Fsp3) is 0.407. The van der Waals surface area contributed by atoms with Gasteiger partial charge in [0.05, 0.1) is 32.9 Å². The smallest absolute Gasteiger partial charge is 0.338 e. The van der Waals surface area contributed by atoms with Gasteiger partial charge in [0.1, 0.15) is 12.2 Å². The maximum atomic E-state index is 12.6. The second-order valence-corrected chi connectivity index (χ2v) is 8.75. The van der Waals surface area contributed by atoms with Gasteiger partial charge in [0.15, 0.2) is 11.5 Å². The fourth-order valence-corrected chi connectivity index (χ4v) is 4.94. The van der Waals surface area contributed by atoms with E-state index in [0.29, 0.717) is 41.2 Å². The van der Waals surface area contributed by atoms with E-state index in [-0.39, 0.29) is 30.3 Å². The second kappa shape index (κ2) is 10.8. The number of hydrogen-bond donors (Lipinski definition) is 0. The van der Waals surface area contributed by atoms with Gasteiger partial charge in [0.25, 0.3) is 0 Å². The van der Waals surface area contributed by atoms with Crippen LogP contribution in [0.5, 0.6) is 17.2 Å². The van der Waals surface area contributed by atoms with Crippen molar-refractivity contribution in [3.05, 3.63) is 59.7 Å². The van der Waals surface area contributed by atoms with Gasteiger partial charge in [-0.3, -0.25) is 4.90 Å².